The molecule has 0 saturated heterocycles. The smallest absolute Gasteiger partial charge is 0.120 e. The van der Waals surface area contributed by atoms with E-state index >= 15 is 0 Å². The van der Waals surface area contributed by atoms with Crippen molar-refractivity contribution in [1.29, 1.82) is 0 Å². The molecule has 0 radical (unpaired) electrons. The van der Waals surface area contributed by atoms with Crippen molar-refractivity contribution in [3.63, 3.8) is 0 Å². The Hall–Kier alpha value is -1.74. The zero-order chi connectivity index (χ0) is 11.4. The molecule has 3 nitrogen and oxygen atoms in total. The molecule has 0 saturated carbocycles. The van der Waals surface area contributed by atoms with Crippen molar-refractivity contribution in [3.8, 4) is 5.75 Å². The lowest BCUT2D eigenvalue weighted by molar-refractivity contribution is 0.413. The number of hydrogen-bond donors (Lipinski definition) is 1. The van der Waals surface area contributed by atoms with Crippen LogP contribution in [0.4, 0.5) is 0 Å². The van der Waals surface area contributed by atoms with Crippen molar-refractivity contribution in [2.45, 2.75) is 12.5 Å². The monoisotopic (exact) mass is 217 g/mol. The second-order valence-electron chi connectivity index (χ2n) is 3.68. The van der Waals surface area contributed by atoms with Crippen LogP contribution >= 0.6 is 0 Å². The largest absolute Gasteiger partial charge is 0.497 e. The molecule has 1 heterocycles. The van der Waals surface area contributed by atoms with E-state index in [4.69, 9.17) is 14.9 Å². The molecule has 1 aromatic heterocycles. The Morgan fingerprint density at radius 1 is 1.31 bits per heavy atom. The van der Waals surface area contributed by atoms with Crippen LogP contribution in [0.5, 0.6) is 5.75 Å². The summed E-state index contributed by atoms with van der Waals surface area (Å²) in [5.74, 6) is 1.66. The minimum atomic E-state index is -0.109. The topological polar surface area (TPSA) is 48.4 Å². The highest BCUT2D eigenvalue weighted by molar-refractivity contribution is 5.29. The molecule has 16 heavy (non-hydrogen) atoms. The lowest BCUT2D eigenvalue weighted by Gasteiger charge is -2.09. The van der Waals surface area contributed by atoms with Crippen LogP contribution in [0.15, 0.2) is 47.1 Å². The summed E-state index contributed by atoms with van der Waals surface area (Å²) in [6.07, 6.45) is 2.38. The highest BCUT2D eigenvalue weighted by atomic mass is 16.5. The Labute approximate surface area is 94.8 Å². The van der Waals surface area contributed by atoms with Gasteiger partial charge in [-0.15, -0.1) is 0 Å². The Bertz CT molecular complexity index is 437. The summed E-state index contributed by atoms with van der Waals surface area (Å²) in [5, 5.41) is 0. The number of nitrogens with two attached hydrogens (primary N) is 1. The van der Waals surface area contributed by atoms with Gasteiger partial charge in [0.25, 0.3) is 0 Å². The van der Waals surface area contributed by atoms with E-state index in [-0.39, 0.29) is 6.04 Å². The van der Waals surface area contributed by atoms with Gasteiger partial charge >= 0.3 is 0 Å². The molecular formula is C13H15NO2. The molecule has 2 rings (SSSR count). The molecule has 0 aliphatic heterocycles. The molecule has 84 valence electrons. The van der Waals surface area contributed by atoms with Gasteiger partial charge in [-0.1, -0.05) is 12.1 Å². The number of furan rings is 1. The average molecular weight is 217 g/mol. The van der Waals surface area contributed by atoms with Gasteiger partial charge in [0.05, 0.1) is 19.4 Å². The first kappa shape index (κ1) is 10.8. The summed E-state index contributed by atoms with van der Waals surface area (Å²) in [7, 11) is 1.66. The van der Waals surface area contributed by atoms with Crippen molar-refractivity contribution < 1.29 is 9.15 Å². The molecular weight excluding hydrogens is 202 g/mol. The first-order valence-electron chi connectivity index (χ1n) is 5.21. The van der Waals surface area contributed by atoms with Crippen molar-refractivity contribution in [1.82, 2.24) is 0 Å². The van der Waals surface area contributed by atoms with Gasteiger partial charge in [0.15, 0.2) is 0 Å². The minimum Gasteiger partial charge on any atom is -0.497 e. The molecule has 0 fully saturated rings. The van der Waals surface area contributed by atoms with E-state index in [1.807, 2.05) is 36.4 Å². The van der Waals surface area contributed by atoms with E-state index in [0.29, 0.717) is 0 Å². The second kappa shape index (κ2) is 4.86. The van der Waals surface area contributed by atoms with Crippen LogP contribution < -0.4 is 10.5 Å². The number of hydrogen-bond acceptors (Lipinski definition) is 3. The molecule has 1 unspecified atom stereocenters. The van der Waals surface area contributed by atoms with Crippen molar-refractivity contribution in [3.05, 3.63) is 54.0 Å². The van der Waals surface area contributed by atoms with Crippen LogP contribution in [0.3, 0.4) is 0 Å². The standard InChI is InChI=1S/C13H15NO2/c1-15-11-5-2-4-10(8-11)9-12(14)13-6-3-7-16-13/h2-8,12H,9,14H2,1H3. The number of rotatable bonds is 4. The van der Waals surface area contributed by atoms with Crippen molar-refractivity contribution in [2.24, 2.45) is 5.73 Å². The van der Waals surface area contributed by atoms with E-state index in [1.165, 1.54) is 0 Å². The van der Waals surface area contributed by atoms with Crippen LogP contribution in [-0.4, -0.2) is 7.11 Å². The molecule has 1 aromatic carbocycles. The summed E-state index contributed by atoms with van der Waals surface area (Å²) in [6, 6.07) is 11.5. The molecule has 0 aliphatic rings. The summed E-state index contributed by atoms with van der Waals surface area (Å²) in [6.45, 7) is 0. The highest BCUT2D eigenvalue weighted by Crippen LogP contribution is 2.19. The van der Waals surface area contributed by atoms with Crippen LogP contribution in [0.25, 0.3) is 0 Å². The quantitative estimate of drug-likeness (QED) is 0.856. The summed E-state index contributed by atoms with van der Waals surface area (Å²) >= 11 is 0. The predicted molar refractivity (Wildman–Crippen MR) is 62.3 cm³/mol. The fraction of sp³-hybridized carbons (Fsp3) is 0.231. The van der Waals surface area contributed by atoms with Gasteiger partial charge in [-0.3, -0.25) is 0 Å². The van der Waals surface area contributed by atoms with Crippen LogP contribution in [0.2, 0.25) is 0 Å². The van der Waals surface area contributed by atoms with E-state index in [0.717, 1.165) is 23.5 Å². The summed E-state index contributed by atoms with van der Waals surface area (Å²) in [5.41, 5.74) is 7.17. The third-order valence-electron chi connectivity index (χ3n) is 2.50. The molecule has 0 aliphatic carbocycles. The number of ether oxygens (including phenoxy) is 1. The van der Waals surface area contributed by atoms with E-state index in [9.17, 15) is 0 Å². The maximum atomic E-state index is 6.03. The Balaban J connectivity index is 2.08. The Kier molecular flexibility index (Phi) is 3.27. The minimum absolute atomic E-state index is 0.109. The van der Waals surface area contributed by atoms with Crippen LogP contribution in [0.1, 0.15) is 17.4 Å². The van der Waals surface area contributed by atoms with E-state index in [2.05, 4.69) is 0 Å². The lowest BCUT2D eigenvalue weighted by Crippen LogP contribution is -2.12. The van der Waals surface area contributed by atoms with Gasteiger partial charge in [0, 0.05) is 0 Å². The zero-order valence-corrected chi connectivity index (χ0v) is 9.22. The number of benzene rings is 1. The molecule has 0 amide bonds. The van der Waals surface area contributed by atoms with Gasteiger partial charge in [-0.05, 0) is 36.2 Å². The maximum absolute atomic E-state index is 6.03. The Morgan fingerprint density at radius 3 is 2.88 bits per heavy atom. The molecule has 0 bridgehead atoms. The maximum Gasteiger partial charge on any atom is 0.120 e. The third-order valence-corrected chi connectivity index (χ3v) is 2.50. The number of methoxy groups -OCH3 is 1. The average Bonchev–Trinajstić information content (AvgIpc) is 2.83. The van der Waals surface area contributed by atoms with E-state index < -0.39 is 0 Å². The van der Waals surface area contributed by atoms with Gasteiger partial charge in [0.1, 0.15) is 11.5 Å². The zero-order valence-electron chi connectivity index (χ0n) is 9.22. The first-order valence-corrected chi connectivity index (χ1v) is 5.21. The van der Waals surface area contributed by atoms with Gasteiger partial charge < -0.3 is 14.9 Å². The molecule has 3 heteroatoms. The molecule has 0 spiro atoms. The fourth-order valence-corrected chi connectivity index (χ4v) is 1.66. The van der Waals surface area contributed by atoms with Crippen LogP contribution in [0, 0.1) is 0 Å². The molecule has 1 atom stereocenters. The Morgan fingerprint density at radius 2 is 2.19 bits per heavy atom. The van der Waals surface area contributed by atoms with Crippen LogP contribution in [-0.2, 0) is 6.42 Å². The predicted octanol–water partition coefficient (Wildman–Crippen LogP) is 2.53. The summed E-state index contributed by atoms with van der Waals surface area (Å²) in [4.78, 5) is 0. The van der Waals surface area contributed by atoms with Crippen molar-refractivity contribution >= 4 is 0 Å². The van der Waals surface area contributed by atoms with E-state index in [1.54, 1.807) is 13.4 Å². The lowest BCUT2D eigenvalue weighted by atomic mass is 10.0. The molecule has 2 aromatic rings. The van der Waals surface area contributed by atoms with Gasteiger partial charge in [-0.2, -0.15) is 0 Å². The van der Waals surface area contributed by atoms with Crippen molar-refractivity contribution in [2.75, 3.05) is 7.11 Å². The van der Waals surface area contributed by atoms with Gasteiger partial charge in [-0.25, -0.2) is 0 Å². The van der Waals surface area contributed by atoms with Gasteiger partial charge in [0.2, 0.25) is 0 Å². The first-order chi connectivity index (χ1) is 7.79. The SMILES string of the molecule is COc1cccc(CC(N)c2ccco2)c1. The normalized spacial score (nSPS) is 12.4. The molecule has 2 N–H and O–H groups in total. The summed E-state index contributed by atoms with van der Waals surface area (Å²) < 4.78 is 10.4. The third kappa shape index (κ3) is 2.44. The highest BCUT2D eigenvalue weighted by Gasteiger charge is 2.09. The fourth-order valence-electron chi connectivity index (χ4n) is 1.66. The second-order valence-corrected chi connectivity index (χ2v) is 3.68.